The van der Waals surface area contributed by atoms with Crippen LogP contribution in [0.1, 0.15) is 32.7 Å². The van der Waals surface area contributed by atoms with Gasteiger partial charge in [-0.15, -0.1) is 11.3 Å². The lowest BCUT2D eigenvalue weighted by Gasteiger charge is -2.07. The van der Waals surface area contributed by atoms with Crippen LogP contribution < -0.4 is 5.32 Å². The van der Waals surface area contributed by atoms with E-state index in [0.29, 0.717) is 29.1 Å². The normalized spacial score (nSPS) is 11.5. The minimum absolute atomic E-state index is 0.138. The molecule has 0 fully saturated rings. The second-order valence-electron chi connectivity index (χ2n) is 6.52. The Kier molecular flexibility index (Phi) is 5.84. The van der Waals surface area contributed by atoms with Crippen molar-refractivity contribution in [2.24, 2.45) is 0 Å². The molecule has 0 aliphatic rings. The van der Waals surface area contributed by atoms with Crippen LogP contribution in [-0.4, -0.2) is 17.4 Å². The van der Waals surface area contributed by atoms with Crippen LogP contribution in [0.15, 0.2) is 47.8 Å². The third-order valence-corrected chi connectivity index (χ3v) is 5.39. The van der Waals surface area contributed by atoms with E-state index in [1.807, 2.05) is 31.4 Å². The number of amides is 1. The lowest BCUT2D eigenvalue weighted by atomic mass is 10.1. The smallest absolute Gasteiger partial charge is 0.352 e. The Bertz CT molecular complexity index is 978. The molecule has 0 bridgehead atoms. The molecule has 146 valence electrons. The molecule has 3 nitrogen and oxygen atoms in total. The van der Waals surface area contributed by atoms with Gasteiger partial charge in [-0.1, -0.05) is 18.2 Å². The Balaban J connectivity index is 1.57. The number of alkyl halides is 3. The first-order chi connectivity index (χ1) is 13.2. The second-order valence-corrected chi connectivity index (χ2v) is 7.38. The Morgan fingerprint density at radius 2 is 1.79 bits per heavy atom. The van der Waals surface area contributed by atoms with Crippen LogP contribution in [0.4, 0.5) is 13.2 Å². The molecule has 28 heavy (non-hydrogen) atoms. The van der Waals surface area contributed by atoms with Gasteiger partial charge in [-0.2, -0.15) is 13.2 Å². The molecule has 3 rings (SSSR count). The number of carbonyl (C=O) groups excluding carboxylic acids is 1. The summed E-state index contributed by atoms with van der Waals surface area (Å²) in [5.41, 5.74) is 3.57. The van der Waals surface area contributed by atoms with Crippen LogP contribution in [0.3, 0.4) is 0 Å². The highest BCUT2D eigenvalue weighted by atomic mass is 32.1. The van der Waals surface area contributed by atoms with Crippen molar-refractivity contribution in [1.29, 1.82) is 0 Å². The van der Waals surface area contributed by atoms with Gasteiger partial charge in [0, 0.05) is 29.5 Å². The Labute approximate surface area is 165 Å². The molecule has 1 aromatic heterocycles. The number of aromatic nitrogens is 1. The molecule has 0 atom stereocenters. The van der Waals surface area contributed by atoms with Crippen molar-refractivity contribution in [2.75, 3.05) is 6.54 Å². The fourth-order valence-corrected chi connectivity index (χ4v) is 3.51. The number of hydrogen-bond acceptors (Lipinski definition) is 3. The highest BCUT2D eigenvalue weighted by Gasteiger charge is 2.30. The number of thiazole rings is 1. The van der Waals surface area contributed by atoms with Crippen LogP contribution in [0.2, 0.25) is 0 Å². The molecule has 1 amide bonds. The number of rotatable bonds is 5. The van der Waals surface area contributed by atoms with Gasteiger partial charge in [0.25, 0.3) is 5.91 Å². The SMILES string of the molecule is Cc1ccc(C(=O)NCCc2csc(-c3ccc(C(F)(F)F)cc3)n2)cc1C. The van der Waals surface area contributed by atoms with Crippen LogP contribution in [0, 0.1) is 13.8 Å². The first kappa shape index (κ1) is 20.1. The van der Waals surface area contributed by atoms with Gasteiger partial charge in [-0.05, 0) is 49.2 Å². The standard InChI is InChI=1S/C21H19F3N2OS/c1-13-3-4-16(11-14(13)2)19(27)25-10-9-18-12-28-20(26-18)15-5-7-17(8-6-15)21(22,23)24/h3-8,11-12H,9-10H2,1-2H3,(H,25,27). The average molecular weight is 404 g/mol. The maximum atomic E-state index is 12.6. The molecule has 0 saturated heterocycles. The van der Waals surface area contributed by atoms with E-state index in [9.17, 15) is 18.0 Å². The van der Waals surface area contributed by atoms with Crippen molar-refractivity contribution < 1.29 is 18.0 Å². The van der Waals surface area contributed by atoms with Gasteiger partial charge in [-0.25, -0.2) is 4.98 Å². The minimum atomic E-state index is -4.35. The summed E-state index contributed by atoms with van der Waals surface area (Å²) in [5.74, 6) is -0.138. The van der Waals surface area contributed by atoms with E-state index in [1.165, 1.54) is 23.5 Å². The fourth-order valence-electron chi connectivity index (χ4n) is 2.64. The zero-order valence-electron chi connectivity index (χ0n) is 15.4. The Morgan fingerprint density at radius 3 is 2.43 bits per heavy atom. The number of benzene rings is 2. The largest absolute Gasteiger partial charge is 0.416 e. The van der Waals surface area contributed by atoms with Gasteiger partial charge < -0.3 is 5.32 Å². The minimum Gasteiger partial charge on any atom is -0.352 e. The summed E-state index contributed by atoms with van der Waals surface area (Å²) in [6.07, 6.45) is -3.80. The maximum absolute atomic E-state index is 12.6. The lowest BCUT2D eigenvalue weighted by Crippen LogP contribution is -2.25. The van der Waals surface area contributed by atoms with Crippen LogP contribution in [0.25, 0.3) is 10.6 Å². The lowest BCUT2D eigenvalue weighted by molar-refractivity contribution is -0.137. The summed E-state index contributed by atoms with van der Waals surface area (Å²) in [7, 11) is 0. The molecule has 7 heteroatoms. The zero-order chi connectivity index (χ0) is 20.3. The van der Waals surface area contributed by atoms with Gasteiger partial charge in [0.1, 0.15) is 5.01 Å². The van der Waals surface area contributed by atoms with Gasteiger partial charge in [0.05, 0.1) is 11.3 Å². The summed E-state index contributed by atoms with van der Waals surface area (Å²) in [6, 6.07) is 10.5. The summed E-state index contributed by atoms with van der Waals surface area (Å²) >= 11 is 1.37. The number of nitrogens with one attached hydrogen (secondary N) is 1. The highest BCUT2D eigenvalue weighted by Crippen LogP contribution is 2.31. The van der Waals surface area contributed by atoms with E-state index in [4.69, 9.17) is 0 Å². The quantitative estimate of drug-likeness (QED) is 0.617. The van der Waals surface area contributed by atoms with E-state index in [0.717, 1.165) is 29.0 Å². The van der Waals surface area contributed by atoms with Gasteiger partial charge in [0.15, 0.2) is 0 Å². The van der Waals surface area contributed by atoms with Crippen LogP contribution in [0.5, 0.6) is 0 Å². The molecule has 0 spiro atoms. The molecule has 1 heterocycles. The van der Waals surface area contributed by atoms with E-state index >= 15 is 0 Å². The molecule has 0 aliphatic carbocycles. The molecular formula is C21H19F3N2OS. The van der Waals surface area contributed by atoms with Gasteiger partial charge in [-0.3, -0.25) is 4.79 Å². The number of aryl methyl sites for hydroxylation is 2. The topological polar surface area (TPSA) is 42.0 Å². The summed E-state index contributed by atoms with van der Waals surface area (Å²) in [6.45, 7) is 4.39. The fraction of sp³-hybridized carbons (Fsp3) is 0.238. The number of halogens is 3. The predicted molar refractivity (Wildman–Crippen MR) is 105 cm³/mol. The third-order valence-electron chi connectivity index (χ3n) is 4.45. The first-order valence-electron chi connectivity index (χ1n) is 8.71. The average Bonchev–Trinajstić information content (AvgIpc) is 3.12. The first-order valence-corrected chi connectivity index (χ1v) is 9.59. The van der Waals surface area contributed by atoms with E-state index < -0.39 is 11.7 Å². The second kappa shape index (κ2) is 8.14. The molecule has 1 N–H and O–H groups in total. The van der Waals surface area contributed by atoms with Gasteiger partial charge >= 0.3 is 6.18 Å². The predicted octanol–water partition coefficient (Wildman–Crippen LogP) is 5.42. The molecule has 0 saturated carbocycles. The van der Waals surface area contributed by atoms with Crippen molar-refractivity contribution in [1.82, 2.24) is 10.3 Å². The summed E-state index contributed by atoms with van der Waals surface area (Å²) < 4.78 is 37.9. The summed E-state index contributed by atoms with van der Waals surface area (Å²) in [4.78, 5) is 16.7. The van der Waals surface area contributed by atoms with Crippen LogP contribution in [-0.2, 0) is 12.6 Å². The number of hydrogen-bond donors (Lipinski definition) is 1. The van der Waals surface area contributed by atoms with E-state index in [-0.39, 0.29) is 5.91 Å². The highest BCUT2D eigenvalue weighted by molar-refractivity contribution is 7.13. The van der Waals surface area contributed by atoms with Crippen molar-refractivity contribution in [3.05, 3.63) is 75.8 Å². The summed E-state index contributed by atoms with van der Waals surface area (Å²) in [5, 5.41) is 5.38. The molecule has 0 unspecified atom stereocenters. The third kappa shape index (κ3) is 4.78. The maximum Gasteiger partial charge on any atom is 0.416 e. The Morgan fingerprint density at radius 1 is 1.07 bits per heavy atom. The van der Waals surface area contributed by atoms with Crippen LogP contribution >= 0.6 is 11.3 Å². The van der Waals surface area contributed by atoms with E-state index in [2.05, 4.69) is 10.3 Å². The number of carbonyl (C=O) groups is 1. The molecular weight excluding hydrogens is 385 g/mol. The molecule has 2 aromatic carbocycles. The van der Waals surface area contributed by atoms with Crippen molar-refractivity contribution >= 4 is 17.2 Å². The molecule has 0 aliphatic heterocycles. The van der Waals surface area contributed by atoms with Crippen molar-refractivity contribution in [3.8, 4) is 10.6 Å². The van der Waals surface area contributed by atoms with E-state index in [1.54, 1.807) is 6.07 Å². The molecule has 3 aromatic rings. The zero-order valence-corrected chi connectivity index (χ0v) is 16.2. The molecule has 0 radical (unpaired) electrons. The number of nitrogens with zero attached hydrogens (tertiary/aromatic N) is 1. The van der Waals surface area contributed by atoms with Gasteiger partial charge in [0.2, 0.25) is 0 Å². The van der Waals surface area contributed by atoms with Crippen molar-refractivity contribution in [2.45, 2.75) is 26.4 Å². The Hall–Kier alpha value is -2.67. The van der Waals surface area contributed by atoms with Crippen molar-refractivity contribution in [3.63, 3.8) is 0 Å². The monoisotopic (exact) mass is 404 g/mol.